The molecule has 0 aromatic rings. The van der Waals surface area contributed by atoms with Gasteiger partial charge in [-0.3, -0.25) is 0 Å². The number of carbonyl (C=O) groups is 2. The number of hydrogen-bond acceptors (Lipinski definition) is 3. The van der Waals surface area contributed by atoms with Gasteiger partial charge in [0.05, 0.1) is 13.2 Å². The highest BCUT2D eigenvalue weighted by atomic mass is 16.5. The van der Waals surface area contributed by atoms with Gasteiger partial charge in [-0.2, -0.15) is 0 Å². The van der Waals surface area contributed by atoms with Gasteiger partial charge in [0.2, 0.25) is 0 Å². The second-order valence-electron chi connectivity index (χ2n) is 3.32. The SMILES string of the molecule is CN(C)C(=O)N1CCOC(C(=O)O)C1. The van der Waals surface area contributed by atoms with E-state index in [0.29, 0.717) is 6.54 Å². The molecule has 1 aliphatic heterocycles. The van der Waals surface area contributed by atoms with Crippen molar-refractivity contribution in [1.82, 2.24) is 9.80 Å². The molecule has 6 nitrogen and oxygen atoms in total. The highest BCUT2D eigenvalue weighted by molar-refractivity contribution is 5.77. The third-order valence-electron chi connectivity index (χ3n) is 1.99. The van der Waals surface area contributed by atoms with Gasteiger partial charge in [0.1, 0.15) is 0 Å². The molecule has 1 unspecified atom stereocenters. The third kappa shape index (κ3) is 2.35. The fraction of sp³-hybridized carbons (Fsp3) is 0.750. The van der Waals surface area contributed by atoms with Crippen LogP contribution in [0.2, 0.25) is 0 Å². The van der Waals surface area contributed by atoms with Crippen molar-refractivity contribution in [1.29, 1.82) is 0 Å². The maximum Gasteiger partial charge on any atom is 0.334 e. The largest absolute Gasteiger partial charge is 0.479 e. The third-order valence-corrected chi connectivity index (χ3v) is 1.99. The smallest absolute Gasteiger partial charge is 0.334 e. The Morgan fingerprint density at radius 1 is 1.50 bits per heavy atom. The first kappa shape index (κ1) is 10.8. The molecular formula is C8H14N2O4. The van der Waals surface area contributed by atoms with Crippen molar-refractivity contribution < 1.29 is 19.4 Å². The molecule has 0 saturated carbocycles. The lowest BCUT2D eigenvalue weighted by Gasteiger charge is -2.32. The average molecular weight is 202 g/mol. The van der Waals surface area contributed by atoms with E-state index in [-0.39, 0.29) is 19.2 Å². The molecule has 0 aromatic carbocycles. The molecule has 1 saturated heterocycles. The molecule has 0 aliphatic carbocycles. The standard InChI is InChI=1S/C8H14N2O4/c1-9(2)8(13)10-3-4-14-6(5-10)7(11)12/h6H,3-5H2,1-2H3,(H,11,12). The summed E-state index contributed by atoms with van der Waals surface area (Å²) in [6.45, 7) is 0.837. The maximum absolute atomic E-state index is 11.5. The highest BCUT2D eigenvalue weighted by Crippen LogP contribution is 2.06. The summed E-state index contributed by atoms with van der Waals surface area (Å²) in [5.74, 6) is -1.03. The lowest BCUT2D eigenvalue weighted by atomic mass is 10.3. The van der Waals surface area contributed by atoms with Gasteiger partial charge >= 0.3 is 12.0 Å². The monoisotopic (exact) mass is 202 g/mol. The summed E-state index contributed by atoms with van der Waals surface area (Å²) in [4.78, 5) is 25.0. The summed E-state index contributed by atoms with van der Waals surface area (Å²) >= 11 is 0. The molecular weight excluding hydrogens is 188 g/mol. The van der Waals surface area contributed by atoms with Gasteiger partial charge < -0.3 is 19.6 Å². The van der Waals surface area contributed by atoms with E-state index in [9.17, 15) is 9.59 Å². The van der Waals surface area contributed by atoms with Crippen LogP contribution in [0.4, 0.5) is 4.79 Å². The molecule has 1 fully saturated rings. The number of rotatable bonds is 1. The van der Waals surface area contributed by atoms with Crippen LogP contribution in [0.1, 0.15) is 0 Å². The number of carboxylic acids is 1. The minimum atomic E-state index is -1.03. The first-order valence-corrected chi connectivity index (χ1v) is 4.33. The zero-order chi connectivity index (χ0) is 10.7. The zero-order valence-electron chi connectivity index (χ0n) is 8.27. The zero-order valence-corrected chi connectivity index (χ0v) is 8.27. The molecule has 0 radical (unpaired) electrons. The number of hydrogen-bond donors (Lipinski definition) is 1. The van der Waals surface area contributed by atoms with Crippen LogP contribution >= 0.6 is 0 Å². The highest BCUT2D eigenvalue weighted by Gasteiger charge is 2.29. The Kier molecular flexibility index (Phi) is 3.29. The number of nitrogens with zero attached hydrogens (tertiary/aromatic N) is 2. The molecule has 2 amide bonds. The Bertz CT molecular complexity index is 241. The summed E-state index contributed by atoms with van der Waals surface area (Å²) in [5, 5.41) is 8.70. The normalized spacial score (nSPS) is 21.9. The molecule has 1 rings (SSSR count). The Balaban J connectivity index is 2.56. The summed E-state index contributed by atoms with van der Waals surface area (Å²) in [5.41, 5.74) is 0. The summed E-state index contributed by atoms with van der Waals surface area (Å²) in [7, 11) is 3.27. The van der Waals surface area contributed by atoms with Crippen LogP contribution in [0.3, 0.4) is 0 Å². The summed E-state index contributed by atoms with van der Waals surface area (Å²) < 4.78 is 4.99. The van der Waals surface area contributed by atoms with Crippen molar-refractivity contribution in [3.05, 3.63) is 0 Å². The molecule has 6 heteroatoms. The van der Waals surface area contributed by atoms with Crippen LogP contribution in [-0.2, 0) is 9.53 Å². The van der Waals surface area contributed by atoms with Crippen LogP contribution in [-0.4, -0.2) is 66.8 Å². The quantitative estimate of drug-likeness (QED) is 0.619. The molecule has 80 valence electrons. The molecule has 0 aromatic heterocycles. The Hall–Kier alpha value is -1.30. The van der Waals surface area contributed by atoms with Gasteiger partial charge in [0.15, 0.2) is 6.10 Å². The van der Waals surface area contributed by atoms with Gasteiger partial charge in [-0.1, -0.05) is 0 Å². The lowest BCUT2D eigenvalue weighted by Crippen LogP contribution is -2.51. The number of urea groups is 1. The molecule has 1 aliphatic rings. The number of aliphatic carboxylic acids is 1. The predicted molar refractivity (Wildman–Crippen MR) is 48.0 cm³/mol. The number of carbonyl (C=O) groups excluding carboxylic acids is 1. The minimum absolute atomic E-state index is 0.117. The van der Waals surface area contributed by atoms with Gasteiger partial charge in [0.25, 0.3) is 0 Å². The molecule has 0 bridgehead atoms. The fourth-order valence-corrected chi connectivity index (χ4v) is 1.26. The van der Waals surface area contributed by atoms with Crippen LogP contribution in [0.5, 0.6) is 0 Å². The molecule has 14 heavy (non-hydrogen) atoms. The van der Waals surface area contributed by atoms with Gasteiger partial charge in [0, 0.05) is 20.6 Å². The number of amides is 2. The maximum atomic E-state index is 11.5. The van der Waals surface area contributed by atoms with Gasteiger partial charge in [-0.05, 0) is 0 Å². The second kappa shape index (κ2) is 4.28. The summed E-state index contributed by atoms with van der Waals surface area (Å²) in [6.07, 6.45) is -0.896. The van der Waals surface area contributed by atoms with E-state index in [1.807, 2.05) is 0 Å². The van der Waals surface area contributed by atoms with Crippen molar-refractivity contribution in [2.24, 2.45) is 0 Å². The lowest BCUT2D eigenvalue weighted by molar-refractivity contribution is -0.154. The molecule has 1 atom stereocenters. The molecule has 1 heterocycles. The van der Waals surface area contributed by atoms with E-state index in [1.165, 1.54) is 9.80 Å². The summed E-state index contributed by atoms with van der Waals surface area (Å²) in [6, 6.07) is -0.181. The van der Waals surface area contributed by atoms with Crippen LogP contribution in [0.15, 0.2) is 0 Å². The van der Waals surface area contributed by atoms with Gasteiger partial charge in [-0.15, -0.1) is 0 Å². The van der Waals surface area contributed by atoms with E-state index >= 15 is 0 Å². The number of carboxylic acid groups (broad SMARTS) is 1. The van der Waals surface area contributed by atoms with Crippen molar-refractivity contribution in [3.63, 3.8) is 0 Å². The first-order chi connectivity index (χ1) is 6.52. The average Bonchev–Trinajstić information content (AvgIpc) is 2.16. The molecule has 0 spiro atoms. The van der Waals surface area contributed by atoms with Gasteiger partial charge in [-0.25, -0.2) is 9.59 Å². The van der Waals surface area contributed by atoms with Crippen molar-refractivity contribution in [2.75, 3.05) is 33.8 Å². The first-order valence-electron chi connectivity index (χ1n) is 4.33. The fourth-order valence-electron chi connectivity index (χ4n) is 1.26. The topological polar surface area (TPSA) is 70.1 Å². The Morgan fingerprint density at radius 3 is 2.64 bits per heavy atom. The van der Waals surface area contributed by atoms with Crippen molar-refractivity contribution >= 4 is 12.0 Å². The van der Waals surface area contributed by atoms with Crippen molar-refractivity contribution in [3.8, 4) is 0 Å². The Labute approximate surface area is 82.0 Å². The predicted octanol–water partition coefficient (Wildman–Crippen LogP) is -0.547. The Morgan fingerprint density at radius 2 is 2.14 bits per heavy atom. The van der Waals surface area contributed by atoms with Crippen molar-refractivity contribution in [2.45, 2.75) is 6.10 Å². The number of morpholine rings is 1. The van der Waals surface area contributed by atoms with E-state index < -0.39 is 12.1 Å². The minimum Gasteiger partial charge on any atom is -0.479 e. The second-order valence-corrected chi connectivity index (χ2v) is 3.32. The van der Waals surface area contributed by atoms with Crippen LogP contribution < -0.4 is 0 Å². The van der Waals surface area contributed by atoms with Crippen LogP contribution in [0, 0.1) is 0 Å². The molecule has 1 N–H and O–H groups in total. The van der Waals surface area contributed by atoms with E-state index in [4.69, 9.17) is 9.84 Å². The van der Waals surface area contributed by atoms with Crippen LogP contribution in [0.25, 0.3) is 0 Å². The van der Waals surface area contributed by atoms with E-state index in [2.05, 4.69) is 0 Å². The number of ether oxygens (including phenoxy) is 1. The van der Waals surface area contributed by atoms with E-state index in [1.54, 1.807) is 14.1 Å². The van der Waals surface area contributed by atoms with E-state index in [0.717, 1.165) is 0 Å².